The fourth-order valence-corrected chi connectivity index (χ4v) is 2.72. The Morgan fingerprint density at radius 2 is 2.33 bits per heavy atom. The fourth-order valence-electron chi connectivity index (χ4n) is 2.37. The van der Waals surface area contributed by atoms with Gasteiger partial charge in [-0.05, 0) is 31.0 Å². The van der Waals surface area contributed by atoms with Gasteiger partial charge in [-0.1, -0.05) is 15.9 Å². The number of hydrogen-bond donors (Lipinski definition) is 0. The second kappa shape index (κ2) is 4.90. The van der Waals surface area contributed by atoms with E-state index in [-0.39, 0.29) is 18.6 Å². The van der Waals surface area contributed by atoms with Crippen molar-refractivity contribution in [2.24, 2.45) is 0 Å². The second-order valence-corrected chi connectivity index (χ2v) is 5.46. The van der Waals surface area contributed by atoms with Crippen molar-refractivity contribution >= 4 is 27.5 Å². The van der Waals surface area contributed by atoms with Crippen molar-refractivity contribution in [1.82, 2.24) is 0 Å². The Morgan fingerprint density at radius 1 is 1.44 bits per heavy atom. The number of benzene rings is 1. The normalized spacial score (nSPS) is 22.8. The maximum atomic E-state index is 12.0. The summed E-state index contributed by atoms with van der Waals surface area (Å²) in [6.07, 6.45) is 2.25. The van der Waals surface area contributed by atoms with Crippen LogP contribution in [0.2, 0.25) is 0 Å². The van der Waals surface area contributed by atoms with E-state index in [9.17, 15) is 4.79 Å². The third kappa shape index (κ3) is 2.24. The van der Waals surface area contributed by atoms with Gasteiger partial charge in [0.25, 0.3) is 5.91 Å². The maximum absolute atomic E-state index is 12.0. The third-order valence-electron chi connectivity index (χ3n) is 3.27. The predicted octanol–water partition coefficient (Wildman–Crippen LogP) is 2.35. The molecule has 1 unspecified atom stereocenters. The highest BCUT2D eigenvalue weighted by Gasteiger charge is 2.29. The molecule has 1 aromatic carbocycles. The van der Waals surface area contributed by atoms with E-state index >= 15 is 0 Å². The molecule has 5 heteroatoms. The van der Waals surface area contributed by atoms with Crippen LogP contribution in [0.25, 0.3) is 0 Å². The van der Waals surface area contributed by atoms with Crippen LogP contribution in [-0.2, 0) is 9.53 Å². The summed E-state index contributed by atoms with van der Waals surface area (Å²) in [5.41, 5.74) is 0.830. The van der Waals surface area contributed by atoms with Gasteiger partial charge in [-0.2, -0.15) is 0 Å². The first-order valence-electron chi connectivity index (χ1n) is 6.08. The highest BCUT2D eigenvalue weighted by Crippen LogP contribution is 2.35. The standard InChI is InChI=1S/C13H14BrNO3/c14-9-3-4-12-11(6-9)15(13(16)8-18-12)7-10-2-1-5-17-10/h3-4,6,10H,1-2,5,7-8H2. The zero-order valence-corrected chi connectivity index (χ0v) is 11.5. The van der Waals surface area contributed by atoms with Crippen molar-refractivity contribution in [3.8, 4) is 5.75 Å². The lowest BCUT2D eigenvalue weighted by molar-refractivity contribution is -0.121. The topological polar surface area (TPSA) is 38.8 Å². The first-order chi connectivity index (χ1) is 8.74. The molecule has 0 saturated carbocycles. The first-order valence-corrected chi connectivity index (χ1v) is 6.87. The number of fused-ring (bicyclic) bond motifs is 1. The van der Waals surface area contributed by atoms with Crippen LogP contribution < -0.4 is 9.64 Å². The van der Waals surface area contributed by atoms with Crippen LogP contribution in [-0.4, -0.2) is 31.8 Å². The van der Waals surface area contributed by atoms with Gasteiger partial charge in [-0.3, -0.25) is 4.79 Å². The van der Waals surface area contributed by atoms with Gasteiger partial charge in [0.1, 0.15) is 5.75 Å². The lowest BCUT2D eigenvalue weighted by atomic mass is 10.2. The molecule has 4 nitrogen and oxygen atoms in total. The van der Waals surface area contributed by atoms with Gasteiger partial charge in [-0.15, -0.1) is 0 Å². The van der Waals surface area contributed by atoms with Crippen molar-refractivity contribution in [2.75, 3.05) is 24.7 Å². The van der Waals surface area contributed by atoms with E-state index in [2.05, 4.69) is 15.9 Å². The molecule has 2 heterocycles. The Balaban J connectivity index is 1.88. The van der Waals surface area contributed by atoms with Gasteiger partial charge in [0.05, 0.1) is 18.3 Å². The maximum Gasteiger partial charge on any atom is 0.265 e. The van der Waals surface area contributed by atoms with E-state index in [1.807, 2.05) is 18.2 Å². The number of anilines is 1. The summed E-state index contributed by atoms with van der Waals surface area (Å²) in [7, 11) is 0. The summed E-state index contributed by atoms with van der Waals surface area (Å²) in [6, 6.07) is 5.72. The van der Waals surface area contributed by atoms with Crippen molar-refractivity contribution in [2.45, 2.75) is 18.9 Å². The largest absolute Gasteiger partial charge is 0.482 e. The molecule has 2 aliphatic rings. The molecule has 96 valence electrons. The smallest absolute Gasteiger partial charge is 0.265 e. The molecule has 1 saturated heterocycles. The van der Waals surface area contributed by atoms with Gasteiger partial charge < -0.3 is 14.4 Å². The number of hydrogen-bond acceptors (Lipinski definition) is 3. The second-order valence-electron chi connectivity index (χ2n) is 4.54. The highest BCUT2D eigenvalue weighted by molar-refractivity contribution is 9.10. The quantitative estimate of drug-likeness (QED) is 0.841. The Kier molecular flexibility index (Phi) is 3.26. The molecule has 0 N–H and O–H groups in total. The van der Waals surface area contributed by atoms with E-state index in [4.69, 9.17) is 9.47 Å². The molecule has 0 aromatic heterocycles. The zero-order chi connectivity index (χ0) is 12.5. The molecule has 1 fully saturated rings. The summed E-state index contributed by atoms with van der Waals surface area (Å²) < 4.78 is 12.0. The number of rotatable bonds is 2. The Bertz CT molecular complexity index is 471. The minimum absolute atomic E-state index is 0.00361. The number of nitrogens with zero attached hydrogens (tertiary/aromatic N) is 1. The lowest BCUT2D eigenvalue weighted by Crippen LogP contribution is -2.43. The molecule has 0 radical (unpaired) electrons. The fraction of sp³-hybridized carbons (Fsp3) is 0.462. The van der Waals surface area contributed by atoms with Gasteiger partial charge in [-0.25, -0.2) is 0 Å². The zero-order valence-electron chi connectivity index (χ0n) is 9.89. The average Bonchev–Trinajstić information content (AvgIpc) is 2.86. The van der Waals surface area contributed by atoms with Crippen LogP contribution in [0.4, 0.5) is 5.69 Å². The van der Waals surface area contributed by atoms with Gasteiger partial charge in [0, 0.05) is 11.1 Å². The van der Waals surface area contributed by atoms with Gasteiger partial charge in [0.2, 0.25) is 0 Å². The summed E-state index contributed by atoms with van der Waals surface area (Å²) in [4.78, 5) is 13.8. The molecule has 0 spiro atoms. The molecule has 1 amide bonds. The van der Waals surface area contributed by atoms with Crippen LogP contribution in [0.1, 0.15) is 12.8 Å². The van der Waals surface area contributed by atoms with Crippen LogP contribution in [0, 0.1) is 0 Å². The van der Waals surface area contributed by atoms with Gasteiger partial charge in [0.15, 0.2) is 6.61 Å². The molecule has 18 heavy (non-hydrogen) atoms. The van der Waals surface area contributed by atoms with Crippen LogP contribution in [0.5, 0.6) is 5.75 Å². The van der Waals surface area contributed by atoms with E-state index < -0.39 is 0 Å². The number of carbonyl (C=O) groups excluding carboxylic acids is 1. The average molecular weight is 312 g/mol. The molecule has 1 atom stereocenters. The van der Waals surface area contributed by atoms with Crippen molar-refractivity contribution in [1.29, 1.82) is 0 Å². The third-order valence-corrected chi connectivity index (χ3v) is 3.77. The highest BCUT2D eigenvalue weighted by atomic mass is 79.9. The summed E-state index contributed by atoms with van der Waals surface area (Å²) in [6.45, 7) is 1.53. The minimum Gasteiger partial charge on any atom is -0.482 e. The summed E-state index contributed by atoms with van der Waals surface area (Å²) >= 11 is 3.43. The molecule has 2 aliphatic heterocycles. The first kappa shape index (κ1) is 12.0. The Hall–Kier alpha value is -1.07. The number of carbonyl (C=O) groups is 1. The molecule has 3 rings (SSSR count). The van der Waals surface area contributed by atoms with E-state index in [1.165, 1.54) is 0 Å². The molecule has 1 aromatic rings. The van der Waals surface area contributed by atoms with E-state index in [0.29, 0.717) is 6.54 Å². The van der Waals surface area contributed by atoms with Crippen molar-refractivity contribution in [3.05, 3.63) is 22.7 Å². The number of amides is 1. The Labute approximate surface area is 114 Å². The summed E-state index contributed by atoms with van der Waals surface area (Å²) in [5.74, 6) is 0.756. The molecular formula is C13H14BrNO3. The minimum atomic E-state index is -0.00361. The van der Waals surface area contributed by atoms with E-state index in [1.54, 1.807) is 4.90 Å². The van der Waals surface area contributed by atoms with Crippen LogP contribution in [0.3, 0.4) is 0 Å². The monoisotopic (exact) mass is 311 g/mol. The van der Waals surface area contributed by atoms with Crippen LogP contribution in [0.15, 0.2) is 22.7 Å². The van der Waals surface area contributed by atoms with E-state index in [0.717, 1.165) is 35.4 Å². The van der Waals surface area contributed by atoms with Gasteiger partial charge >= 0.3 is 0 Å². The predicted molar refractivity (Wildman–Crippen MR) is 71.0 cm³/mol. The molecular weight excluding hydrogens is 298 g/mol. The molecule has 0 aliphatic carbocycles. The SMILES string of the molecule is O=C1COc2ccc(Br)cc2N1CC1CCCO1. The van der Waals surface area contributed by atoms with Crippen molar-refractivity contribution in [3.63, 3.8) is 0 Å². The number of ether oxygens (including phenoxy) is 2. The number of halogens is 1. The Morgan fingerprint density at radius 3 is 3.11 bits per heavy atom. The lowest BCUT2D eigenvalue weighted by Gasteiger charge is -2.31. The van der Waals surface area contributed by atoms with Crippen LogP contribution >= 0.6 is 15.9 Å². The van der Waals surface area contributed by atoms with Crippen molar-refractivity contribution < 1.29 is 14.3 Å². The molecule has 0 bridgehead atoms. The summed E-state index contributed by atoms with van der Waals surface area (Å²) in [5, 5.41) is 0.